The molecular formula is C14H13NOS. The lowest BCUT2D eigenvalue weighted by Crippen LogP contribution is -2.05. The minimum atomic E-state index is 0.129. The second kappa shape index (κ2) is 5.64. The fraction of sp³-hybridized carbons (Fsp3) is 0.143. The fourth-order valence-electron chi connectivity index (χ4n) is 1.50. The number of rotatable bonds is 4. The first-order valence-electron chi connectivity index (χ1n) is 5.39. The van der Waals surface area contributed by atoms with E-state index in [2.05, 4.69) is 4.98 Å². The average Bonchev–Trinajstić information content (AvgIpc) is 2.38. The molecule has 0 N–H and O–H groups in total. The molecule has 0 atom stereocenters. The van der Waals surface area contributed by atoms with Crippen LogP contribution >= 0.6 is 11.8 Å². The van der Waals surface area contributed by atoms with Crippen molar-refractivity contribution in [1.29, 1.82) is 0 Å². The van der Waals surface area contributed by atoms with Crippen LogP contribution in [0.2, 0.25) is 0 Å². The predicted molar refractivity (Wildman–Crippen MR) is 70.5 cm³/mol. The number of Topliss-reactive ketones (excluding diaryl/α,β-unsaturated/α-hetero) is 1. The summed E-state index contributed by atoms with van der Waals surface area (Å²) < 4.78 is 0. The van der Waals surface area contributed by atoms with Crippen molar-refractivity contribution in [2.24, 2.45) is 0 Å². The number of carbonyl (C=O) groups excluding carboxylic acids is 1. The summed E-state index contributed by atoms with van der Waals surface area (Å²) in [5.74, 6) is 0.584. The Hall–Kier alpha value is -1.61. The van der Waals surface area contributed by atoms with Gasteiger partial charge in [0.25, 0.3) is 0 Å². The molecule has 0 bridgehead atoms. The smallest absolute Gasteiger partial charge is 0.174 e. The Bertz CT molecular complexity index is 511. The maximum absolute atomic E-state index is 12.0. The summed E-state index contributed by atoms with van der Waals surface area (Å²) in [5.41, 5.74) is 1.70. The van der Waals surface area contributed by atoms with Crippen LogP contribution in [-0.2, 0) is 0 Å². The molecule has 0 fully saturated rings. The van der Waals surface area contributed by atoms with Crippen LogP contribution in [-0.4, -0.2) is 16.5 Å². The van der Waals surface area contributed by atoms with Crippen molar-refractivity contribution in [3.63, 3.8) is 0 Å². The third-order valence-corrected chi connectivity index (χ3v) is 3.46. The number of hydrogen-bond acceptors (Lipinski definition) is 3. The number of pyridine rings is 1. The van der Waals surface area contributed by atoms with Gasteiger partial charge in [-0.1, -0.05) is 18.2 Å². The quantitative estimate of drug-likeness (QED) is 0.609. The van der Waals surface area contributed by atoms with E-state index in [0.29, 0.717) is 5.75 Å². The molecule has 0 unspecified atom stereocenters. The number of ketones is 1. The highest BCUT2D eigenvalue weighted by molar-refractivity contribution is 8.00. The van der Waals surface area contributed by atoms with Gasteiger partial charge in [-0.3, -0.25) is 9.78 Å². The number of aromatic nitrogens is 1. The summed E-state index contributed by atoms with van der Waals surface area (Å²) in [6, 6.07) is 11.8. The van der Waals surface area contributed by atoms with E-state index in [1.165, 1.54) is 0 Å². The number of benzene rings is 1. The highest BCUT2D eigenvalue weighted by Crippen LogP contribution is 2.19. The molecule has 0 radical (unpaired) electrons. The molecule has 0 amide bonds. The van der Waals surface area contributed by atoms with E-state index in [1.54, 1.807) is 24.2 Å². The molecule has 0 spiro atoms. The first kappa shape index (κ1) is 11.9. The molecule has 86 valence electrons. The van der Waals surface area contributed by atoms with Gasteiger partial charge >= 0.3 is 0 Å². The summed E-state index contributed by atoms with van der Waals surface area (Å²) in [6.07, 6.45) is 3.35. The van der Waals surface area contributed by atoms with Crippen molar-refractivity contribution >= 4 is 17.5 Å². The second-order valence-corrected chi connectivity index (χ2v) is 4.76. The molecule has 17 heavy (non-hydrogen) atoms. The third kappa shape index (κ3) is 3.17. The zero-order chi connectivity index (χ0) is 12.1. The highest BCUT2D eigenvalue weighted by atomic mass is 32.2. The Morgan fingerprint density at radius 1 is 1.24 bits per heavy atom. The van der Waals surface area contributed by atoms with Crippen molar-refractivity contribution in [1.82, 2.24) is 4.98 Å². The summed E-state index contributed by atoms with van der Waals surface area (Å²) in [4.78, 5) is 17.1. The molecule has 0 aliphatic rings. The van der Waals surface area contributed by atoms with Crippen LogP contribution in [0.25, 0.3) is 0 Å². The molecule has 1 aromatic carbocycles. The normalized spacial score (nSPS) is 10.2. The Kier molecular flexibility index (Phi) is 3.94. The monoisotopic (exact) mass is 243 g/mol. The molecule has 2 rings (SSSR count). The molecular weight excluding hydrogens is 230 g/mol. The molecule has 2 aromatic rings. The largest absolute Gasteiger partial charge is 0.293 e. The summed E-state index contributed by atoms with van der Waals surface area (Å²) >= 11 is 1.55. The Balaban J connectivity index is 2.01. The van der Waals surface area contributed by atoms with Gasteiger partial charge in [-0.15, -0.1) is 11.8 Å². The van der Waals surface area contributed by atoms with E-state index in [0.717, 1.165) is 16.0 Å². The minimum Gasteiger partial charge on any atom is -0.293 e. The first-order chi connectivity index (χ1) is 8.27. The van der Waals surface area contributed by atoms with Crippen LogP contribution in [0.5, 0.6) is 0 Å². The van der Waals surface area contributed by atoms with Crippen LogP contribution in [0.15, 0.2) is 53.7 Å². The van der Waals surface area contributed by atoms with Crippen LogP contribution in [0.1, 0.15) is 15.9 Å². The van der Waals surface area contributed by atoms with Gasteiger partial charge in [0.05, 0.1) is 5.75 Å². The maximum Gasteiger partial charge on any atom is 0.174 e. The van der Waals surface area contributed by atoms with Gasteiger partial charge in [0, 0.05) is 22.9 Å². The number of thioether (sulfide) groups is 1. The number of carbonyl (C=O) groups is 1. The van der Waals surface area contributed by atoms with Crippen molar-refractivity contribution in [3.8, 4) is 0 Å². The van der Waals surface area contributed by atoms with Gasteiger partial charge in [-0.25, -0.2) is 0 Å². The van der Waals surface area contributed by atoms with Crippen LogP contribution in [0.3, 0.4) is 0 Å². The Labute approximate surface area is 105 Å². The average molecular weight is 243 g/mol. The lowest BCUT2D eigenvalue weighted by atomic mass is 10.1. The second-order valence-electron chi connectivity index (χ2n) is 3.72. The molecule has 0 saturated heterocycles. The van der Waals surface area contributed by atoms with E-state index in [4.69, 9.17) is 0 Å². The zero-order valence-corrected chi connectivity index (χ0v) is 10.4. The molecule has 2 nitrogen and oxygen atoms in total. The Morgan fingerprint density at radius 2 is 2.00 bits per heavy atom. The third-order valence-electron chi connectivity index (χ3n) is 2.45. The van der Waals surface area contributed by atoms with E-state index in [1.807, 2.05) is 43.3 Å². The van der Waals surface area contributed by atoms with Crippen molar-refractivity contribution < 1.29 is 4.79 Å². The number of aryl methyl sites for hydroxylation is 1. The SMILES string of the molecule is Cc1ccncc1C(=O)CSc1ccccc1. The van der Waals surface area contributed by atoms with Gasteiger partial charge < -0.3 is 0 Å². The van der Waals surface area contributed by atoms with Crippen LogP contribution in [0, 0.1) is 6.92 Å². The molecule has 0 aliphatic heterocycles. The number of nitrogens with zero attached hydrogens (tertiary/aromatic N) is 1. The predicted octanol–water partition coefficient (Wildman–Crippen LogP) is 3.37. The maximum atomic E-state index is 12.0. The van der Waals surface area contributed by atoms with Gasteiger partial charge in [0.15, 0.2) is 5.78 Å². The van der Waals surface area contributed by atoms with Gasteiger partial charge in [0.2, 0.25) is 0 Å². The summed E-state index contributed by atoms with van der Waals surface area (Å²) in [7, 11) is 0. The minimum absolute atomic E-state index is 0.129. The van der Waals surface area contributed by atoms with Gasteiger partial charge in [0.1, 0.15) is 0 Å². The molecule has 1 aromatic heterocycles. The lowest BCUT2D eigenvalue weighted by molar-refractivity contribution is 0.102. The van der Waals surface area contributed by atoms with Gasteiger partial charge in [-0.05, 0) is 30.7 Å². The molecule has 1 heterocycles. The highest BCUT2D eigenvalue weighted by Gasteiger charge is 2.09. The van der Waals surface area contributed by atoms with E-state index in [9.17, 15) is 4.79 Å². The fourth-order valence-corrected chi connectivity index (χ4v) is 2.30. The molecule has 3 heteroatoms. The zero-order valence-electron chi connectivity index (χ0n) is 9.59. The van der Waals surface area contributed by atoms with Crippen molar-refractivity contribution in [2.45, 2.75) is 11.8 Å². The molecule has 0 saturated carbocycles. The van der Waals surface area contributed by atoms with E-state index >= 15 is 0 Å². The standard InChI is InChI=1S/C14H13NOS/c1-11-7-8-15-9-13(11)14(16)10-17-12-5-3-2-4-6-12/h2-9H,10H2,1H3. The topological polar surface area (TPSA) is 30.0 Å². The van der Waals surface area contributed by atoms with Crippen molar-refractivity contribution in [3.05, 3.63) is 59.9 Å². The van der Waals surface area contributed by atoms with E-state index in [-0.39, 0.29) is 5.78 Å². The number of hydrogen-bond donors (Lipinski definition) is 0. The van der Waals surface area contributed by atoms with Gasteiger partial charge in [-0.2, -0.15) is 0 Å². The van der Waals surface area contributed by atoms with Crippen LogP contribution in [0.4, 0.5) is 0 Å². The van der Waals surface area contributed by atoms with E-state index < -0.39 is 0 Å². The molecule has 0 aliphatic carbocycles. The van der Waals surface area contributed by atoms with Crippen LogP contribution < -0.4 is 0 Å². The lowest BCUT2D eigenvalue weighted by Gasteiger charge is -2.03. The summed E-state index contributed by atoms with van der Waals surface area (Å²) in [6.45, 7) is 1.93. The van der Waals surface area contributed by atoms with Crippen molar-refractivity contribution in [2.75, 3.05) is 5.75 Å². The summed E-state index contributed by atoms with van der Waals surface area (Å²) in [5, 5.41) is 0. The first-order valence-corrected chi connectivity index (χ1v) is 6.37. The Morgan fingerprint density at radius 3 is 2.71 bits per heavy atom.